The third-order valence-corrected chi connectivity index (χ3v) is 3.30. The molecule has 0 radical (unpaired) electrons. The maximum absolute atomic E-state index is 13.2. The Bertz CT molecular complexity index is 461. The molecule has 6 nitrogen and oxygen atoms in total. The van der Waals surface area contributed by atoms with Gasteiger partial charge in [-0.1, -0.05) is 6.92 Å². The van der Waals surface area contributed by atoms with Crippen LogP contribution in [-0.2, 0) is 0 Å². The zero-order chi connectivity index (χ0) is 13.8. The fourth-order valence-corrected chi connectivity index (χ4v) is 2.19. The number of carbonyl (C=O) groups is 1. The summed E-state index contributed by atoms with van der Waals surface area (Å²) in [5.41, 5.74) is 1.57. The van der Waals surface area contributed by atoms with E-state index in [1.54, 1.807) is 0 Å². The number of likely N-dealkylation sites (N-methyl/N-ethyl adjacent to an activating group) is 1. The van der Waals surface area contributed by atoms with E-state index in [1.165, 1.54) is 5.48 Å². The predicted molar refractivity (Wildman–Crippen MR) is 67.8 cm³/mol. The van der Waals surface area contributed by atoms with Crippen LogP contribution in [0.25, 0.3) is 0 Å². The SMILES string of the molecule is CCN1CCN(c2ncc(F)cc2C(=O)NO)CC1. The summed E-state index contributed by atoms with van der Waals surface area (Å²) in [7, 11) is 0. The van der Waals surface area contributed by atoms with Crippen LogP contribution in [0.5, 0.6) is 0 Å². The van der Waals surface area contributed by atoms with Gasteiger partial charge in [-0.05, 0) is 12.6 Å². The van der Waals surface area contributed by atoms with Gasteiger partial charge in [0, 0.05) is 26.2 Å². The average Bonchev–Trinajstić information content (AvgIpc) is 2.46. The van der Waals surface area contributed by atoms with Crippen molar-refractivity contribution in [3.63, 3.8) is 0 Å². The van der Waals surface area contributed by atoms with Gasteiger partial charge >= 0.3 is 0 Å². The lowest BCUT2D eigenvalue weighted by Crippen LogP contribution is -2.47. The molecule has 0 unspecified atom stereocenters. The van der Waals surface area contributed by atoms with Gasteiger partial charge in [0.05, 0.1) is 11.8 Å². The number of nitrogens with zero attached hydrogens (tertiary/aromatic N) is 3. The molecule has 1 saturated heterocycles. The summed E-state index contributed by atoms with van der Waals surface area (Å²) in [4.78, 5) is 19.7. The van der Waals surface area contributed by atoms with Crippen molar-refractivity contribution in [3.8, 4) is 0 Å². The number of nitrogens with one attached hydrogen (secondary N) is 1. The van der Waals surface area contributed by atoms with Crippen LogP contribution < -0.4 is 10.4 Å². The van der Waals surface area contributed by atoms with Gasteiger partial charge in [-0.15, -0.1) is 0 Å². The van der Waals surface area contributed by atoms with Crippen LogP contribution in [0.15, 0.2) is 12.3 Å². The summed E-state index contributed by atoms with van der Waals surface area (Å²) in [6, 6.07) is 1.08. The van der Waals surface area contributed by atoms with E-state index < -0.39 is 11.7 Å². The monoisotopic (exact) mass is 268 g/mol. The molecule has 0 saturated carbocycles. The quantitative estimate of drug-likeness (QED) is 0.616. The number of hydrogen-bond acceptors (Lipinski definition) is 5. The molecule has 0 bridgehead atoms. The highest BCUT2D eigenvalue weighted by Gasteiger charge is 2.22. The van der Waals surface area contributed by atoms with Crippen LogP contribution in [0, 0.1) is 5.82 Å². The number of piperazine rings is 1. The summed E-state index contributed by atoms with van der Waals surface area (Å²) in [5.74, 6) is -0.946. The van der Waals surface area contributed by atoms with Crippen molar-refractivity contribution in [2.75, 3.05) is 37.6 Å². The largest absolute Gasteiger partial charge is 0.353 e. The molecule has 0 aromatic carbocycles. The molecule has 104 valence electrons. The van der Waals surface area contributed by atoms with Crippen molar-refractivity contribution in [3.05, 3.63) is 23.6 Å². The molecule has 2 rings (SSSR count). The molecular formula is C12H17FN4O2. The zero-order valence-electron chi connectivity index (χ0n) is 10.8. The second-order valence-corrected chi connectivity index (χ2v) is 4.39. The number of aromatic nitrogens is 1. The lowest BCUT2D eigenvalue weighted by Gasteiger charge is -2.35. The smallest absolute Gasteiger partial charge is 0.278 e. The molecule has 1 fully saturated rings. The number of hydroxylamine groups is 1. The summed E-state index contributed by atoms with van der Waals surface area (Å²) in [6.07, 6.45) is 1.08. The van der Waals surface area contributed by atoms with Crippen LogP contribution >= 0.6 is 0 Å². The van der Waals surface area contributed by atoms with Crippen molar-refractivity contribution in [1.82, 2.24) is 15.4 Å². The van der Waals surface area contributed by atoms with E-state index in [2.05, 4.69) is 16.8 Å². The van der Waals surface area contributed by atoms with Gasteiger partial charge in [0.25, 0.3) is 5.91 Å². The topological polar surface area (TPSA) is 68.7 Å². The maximum atomic E-state index is 13.2. The molecule has 7 heteroatoms. The molecule has 19 heavy (non-hydrogen) atoms. The number of carbonyl (C=O) groups excluding carboxylic acids is 1. The highest BCUT2D eigenvalue weighted by atomic mass is 19.1. The number of pyridine rings is 1. The van der Waals surface area contributed by atoms with Crippen LogP contribution in [0.2, 0.25) is 0 Å². The highest BCUT2D eigenvalue weighted by molar-refractivity contribution is 5.98. The molecule has 1 amide bonds. The van der Waals surface area contributed by atoms with Gasteiger partial charge < -0.3 is 9.80 Å². The number of rotatable bonds is 3. The van der Waals surface area contributed by atoms with E-state index in [9.17, 15) is 9.18 Å². The molecular weight excluding hydrogens is 251 g/mol. The predicted octanol–water partition coefficient (Wildman–Crippen LogP) is 0.482. The first-order chi connectivity index (χ1) is 9.15. The minimum absolute atomic E-state index is 0.0486. The number of anilines is 1. The van der Waals surface area contributed by atoms with E-state index in [0.29, 0.717) is 5.82 Å². The highest BCUT2D eigenvalue weighted by Crippen LogP contribution is 2.20. The minimum Gasteiger partial charge on any atom is -0.353 e. The average molecular weight is 268 g/mol. The molecule has 1 aliphatic heterocycles. The molecule has 2 N–H and O–H groups in total. The van der Waals surface area contributed by atoms with Gasteiger partial charge in [-0.25, -0.2) is 14.9 Å². The van der Waals surface area contributed by atoms with E-state index in [1.807, 2.05) is 4.90 Å². The Morgan fingerprint density at radius 2 is 2.16 bits per heavy atom. The Hall–Kier alpha value is -1.73. The van der Waals surface area contributed by atoms with E-state index in [-0.39, 0.29) is 5.56 Å². The Morgan fingerprint density at radius 1 is 1.47 bits per heavy atom. The molecule has 0 aliphatic carbocycles. The van der Waals surface area contributed by atoms with E-state index >= 15 is 0 Å². The molecule has 2 heterocycles. The fourth-order valence-electron chi connectivity index (χ4n) is 2.19. The van der Waals surface area contributed by atoms with Gasteiger partial charge in [-0.2, -0.15) is 0 Å². The van der Waals surface area contributed by atoms with Crippen molar-refractivity contribution in [2.24, 2.45) is 0 Å². The molecule has 0 atom stereocenters. The molecule has 1 aromatic rings. The van der Waals surface area contributed by atoms with Crippen molar-refractivity contribution >= 4 is 11.7 Å². The number of amides is 1. The summed E-state index contributed by atoms with van der Waals surface area (Å²) in [5, 5.41) is 8.71. The van der Waals surface area contributed by atoms with Gasteiger partial charge in [0.1, 0.15) is 11.6 Å². The van der Waals surface area contributed by atoms with Crippen LogP contribution in [-0.4, -0.2) is 53.7 Å². The Balaban J connectivity index is 2.22. The number of hydrogen-bond donors (Lipinski definition) is 2. The van der Waals surface area contributed by atoms with Crippen LogP contribution in [0.1, 0.15) is 17.3 Å². The van der Waals surface area contributed by atoms with Crippen molar-refractivity contribution in [2.45, 2.75) is 6.92 Å². The van der Waals surface area contributed by atoms with Gasteiger partial charge in [0.15, 0.2) is 0 Å². The van der Waals surface area contributed by atoms with Gasteiger partial charge in [-0.3, -0.25) is 10.0 Å². The Kier molecular flexibility index (Phi) is 4.28. The standard InChI is InChI=1S/C12H17FN4O2/c1-2-16-3-5-17(6-4-16)11-10(12(18)15-19)7-9(13)8-14-11/h7-8,19H,2-6H2,1H3,(H,15,18). The van der Waals surface area contributed by atoms with Crippen LogP contribution in [0.3, 0.4) is 0 Å². The lowest BCUT2D eigenvalue weighted by molar-refractivity contribution is 0.0706. The first-order valence-electron chi connectivity index (χ1n) is 6.23. The van der Waals surface area contributed by atoms with Crippen molar-refractivity contribution < 1.29 is 14.4 Å². The third kappa shape index (κ3) is 2.99. The maximum Gasteiger partial charge on any atom is 0.278 e. The van der Waals surface area contributed by atoms with Gasteiger partial charge in [0.2, 0.25) is 0 Å². The molecule has 1 aliphatic rings. The molecule has 0 spiro atoms. The fraction of sp³-hybridized carbons (Fsp3) is 0.500. The first kappa shape index (κ1) is 13.7. The minimum atomic E-state index is -0.750. The second kappa shape index (κ2) is 5.94. The normalized spacial score (nSPS) is 16.5. The first-order valence-corrected chi connectivity index (χ1v) is 6.23. The second-order valence-electron chi connectivity index (χ2n) is 4.39. The Morgan fingerprint density at radius 3 is 2.74 bits per heavy atom. The summed E-state index contributed by atoms with van der Waals surface area (Å²) < 4.78 is 13.2. The van der Waals surface area contributed by atoms with E-state index in [4.69, 9.17) is 5.21 Å². The number of halogens is 1. The summed E-state index contributed by atoms with van der Waals surface area (Å²) >= 11 is 0. The van der Waals surface area contributed by atoms with E-state index in [0.717, 1.165) is 45.0 Å². The zero-order valence-corrected chi connectivity index (χ0v) is 10.8. The third-order valence-electron chi connectivity index (χ3n) is 3.30. The van der Waals surface area contributed by atoms with Crippen LogP contribution in [0.4, 0.5) is 10.2 Å². The van der Waals surface area contributed by atoms with Crippen molar-refractivity contribution in [1.29, 1.82) is 0 Å². The molecule has 1 aromatic heterocycles. The summed E-state index contributed by atoms with van der Waals surface area (Å²) in [6.45, 7) is 6.26. The Labute approximate surface area is 110 Å². The lowest BCUT2D eigenvalue weighted by atomic mass is 10.2.